The molecule has 0 aliphatic carbocycles. The summed E-state index contributed by atoms with van der Waals surface area (Å²) in [6, 6.07) is 0. The summed E-state index contributed by atoms with van der Waals surface area (Å²) in [5, 5.41) is 0. The van der Waals surface area contributed by atoms with Crippen molar-refractivity contribution >= 4 is 23.2 Å². The molecule has 0 atom stereocenters. The van der Waals surface area contributed by atoms with Crippen molar-refractivity contribution in [3.8, 4) is 0 Å². The number of nitrogens with two attached hydrogens (primary N) is 1. The molecule has 0 fully saturated rings. The van der Waals surface area contributed by atoms with Crippen molar-refractivity contribution in [3.63, 3.8) is 0 Å². The van der Waals surface area contributed by atoms with Crippen molar-refractivity contribution in [2.75, 3.05) is 0 Å². The van der Waals surface area contributed by atoms with Gasteiger partial charge in [-0.1, -0.05) is 23.2 Å². The van der Waals surface area contributed by atoms with E-state index >= 15 is 0 Å². The molecular weight excluding hydrogens is 113 g/mol. The van der Waals surface area contributed by atoms with Crippen LogP contribution in [0.5, 0.6) is 0 Å². The highest BCUT2D eigenvalue weighted by Crippen LogP contribution is 1.86. The van der Waals surface area contributed by atoms with Gasteiger partial charge in [0.25, 0.3) is 0 Å². The molecule has 0 spiro atoms. The van der Waals surface area contributed by atoms with Crippen molar-refractivity contribution in [2.45, 2.75) is 4.96 Å². The zero-order valence-electron chi connectivity index (χ0n) is 2.41. The molecule has 0 aliphatic rings. The first-order valence-corrected chi connectivity index (χ1v) is 1.64. The Hall–Kier alpha value is 0.500. The maximum absolute atomic E-state index is 4.82. The smallest absolute Gasteiger partial charge is 0.155 e. The van der Waals surface area contributed by atoms with E-state index in [2.05, 4.69) is 5.73 Å². The van der Waals surface area contributed by atoms with E-state index in [-0.39, 0.29) is 5.48 Å². The summed E-state index contributed by atoms with van der Waals surface area (Å²) in [6.07, 6.45) is 0. The normalized spacial score (nSPS) is 7.20. The van der Waals surface area contributed by atoms with Crippen LogP contribution in [0.2, 0.25) is 0 Å². The van der Waals surface area contributed by atoms with E-state index in [0.29, 0.717) is 0 Å². The van der Waals surface area contributed by atoms with E-state index < -0.39 is 4.96 Å². The van der Waals surface area contributed by atoms with Crippen molar-refractivity contribution in [1.29, 1.82) is 0 Å². The Morgan fingerprint density at radius 3 is 1.40 bits per heavy atom. The van der Waals surface area contributed by atoms with Crippen LogP contribution in [0.25, 0.3) is 0 Å². The van der Waals surface area contributed by atoms with Gasteiger partial charge in [-0.15, -0.1) is 0 Å². The predicted octanol–water partition coefficient (Wildman–Crippen LogP) is -0.118. The summed E-state index contributed by atoms with van der Waals surface area (Å²) < 4.78 is 0. The van der Waals surface area contributed by atoms with E-state index in [1.165, 1.54) is 0 Å². The Bertz CT molecular complexity index is 14.4. The summed E-state index contributed by atoms with van der Waals surface area (Å²) in [7, 11) is 0. The molecule has 34 valence electrons. The lowest BCUT2D eigenvalue weighted by Gasteiger charge is -1.74. The van der Waals surface area contributed by atoms with Gasteiger partial charge in [0.15, 0.2) is 4.96 Å². The summed E-state index contributed by atoms with van der Waals surface area (Å²) >= 11 is 9.64. The second-order valence-electron chi connectivity index (χ2n) is 0.334. The number of hydrogen-bond acceptors (Lipinski definition) is 1. The lowest BCUT2D eigenvalue weighted by molar-refractivity contribution is 0.824. The molecule has 0 radical (unpaired) electrons. The average Bonchev–Trinajstić information content (AvgIpc) is 0.811. The Morgan fingerprint density at radius 1 is 1.40 bits per heavy atom. The molecule has 0 rings (SSSR count). The fraction of sp³-hybridized carbons (Fsp3) is 1.00. The molecule has 4 heteroatoms. The number of halogens is 2. The highest BCUT2D eigenvalue weighted by molar-refractivity contribution is 6.43. The first-order valence-electron chi connectivity index (χ1n) is 0.770. The van der Waals surface area contributed by atoms with Gasteiger partial charge in [-0.2, -0.15) is 0 Å². The molecular formula is CH5Cl2NO. The highest BCUT2D eigenvalue weighted by atomic mass is 35.5. The maximum atomic E-state index is 4.82. The van der Waals surface area contributed by atoms with Crippen LogP contribution < -0.4 is 5.73 Å². The molecule has 0 bridgehead atoms. The topological polar surface area (TPSA) is 57.5 Å². The maximum Gasteiger partial charge on any atom is 0.155 e. The van der Waals surface area contributed by atoms with Gasteiger partial charge in [-0.25, -0.2) is 0 Å². The lowest BCUT2D eigenvalue weighted by atomic mass is 11.5. The number of alkyl halides is 2. The lowest BCUT2D eigenvalue weighted by Crippen LogP contribution is -1.99. The minimum atomic E-state index is -0.722. The van der Waals surface area contributed by atoms with Crippen LogP contribution in [0.3, 0.4) is 0 Å². The van der Waals surface area contributed by atoms with Crippen molar-refractivity contribution in [3.05, 3.63) is 0 Å². The predicted molar refractivity (Wildman–Crippen MR) is 23.3 cm³/mol. The second kappa shape index (κ2) is 4.50. The van der Waals surface area contributed by atoms with Crippen LogP contribution in [0.4, 0.5) is 0 Å². The third-order valence-electron chi connectivity index (χ3n) is 0. The first-order chi connectivity index (χ1) is 1.73. The molecule has 0 unspecified atom stereocenters. The van der Waals surface area contributed by atoms with Gasteiger partial charge >= 0.3 is 0 Å². The molecule has 0 amide bonds. The van der Waals surface area contributed by atoms with E-state index in [0.717, 1.165) is 0 Å². The molecule has 0 aromatic carbocycles. The second-order valence-corrected chi connectivity index (χ2v) is 1.50. The average molecular weight is 118 g/mol. The van der Waals surface area contributed by atoms with E-state index in [4.69, 9.17) is 23.2 Å². The monoisotopic (exact) mass is 117 g/mol. The zero-order chi connectivity index (χ0) is 3.58. The Kier molecular flexibility index (Phi) is 8.18. The first kappa shape index (κ1) is 9.09. The fourth-order valence-corrected chi connectivity index (χ4v) is 0. The van der Waals surface area contributed by atoms with E-state index in [9.17, 15) is 0 Å². The van der Waals surface area contributed by atoms with Crippen molar-refractivity contribution in [1.82, 2.24) is 0 Å². The van der Waals surface area contributed by atoms with Crippen LogP contribution in [-0.2, 0) is 0 Å². The minimum absolute atomic E-state index is 0. The standard InChI is InChI=1S/CH3Cl2N.H2O/c2-1(3)4;/h1H,4H2;1H2. The van der Waals surface area contributed by atoms with Crippen LogP contribution >= 0.6 is 23.2 Å². The molecule has 0 aromatic heterocycles. The molecule has 5 heavy (non-hydrogen) atoms. The van der Waals surface area contributed by atoms with Gasteiger partial charge in [0, 0.05) is 0 Å². The quantitative estimate of drug-likeness (QED) is 0.350. The Morgan fingerprint density at radius 2 is 1.40 bits per heavy atom. The zero-order valence-corrected chi connectivity index (χ0v) is 3.92. The molecule has 0 aromatic rings. The molecule has 0 aliphatic heterocycles. The molecule has 0 saturated carbocycles. The van der Waals surface area contributed by atoms with Gasteiger partial charge in [-0.05, 0) is 0 Å². The van der Waals surface area contributed by atoms with Crippen LogP contribution in [0.1, 0.15) is 0 Å². The minimum Gasteiger partial charge on any atom is -0.412 e. The fourth-order valence-electron chi connectivity index (χ4n) is 0. The van der Waals surface area contributed by atoms with Crippen LogP contribution in [0, 0.1) is 0 Å². The summed E-state index contributed by atoms with van der Waals surface area (Å²) in [6.45, 7) is 0. The van der Waals surface area contributed by atoms with E-state index in [1.54, 1.807) is 0 Å². The van der Waals surface area contributed by atoms with Gasteiger partial charge in [0.1, 0.15) is 0 Å². The van der Waals surface area contributed by atoms with Gasteiger partial charge in [0.05, 0.1) is 0 Å². The highest BCUT2D eigenvalue weighted by Gasteiger charge is 1.74. The SMILES string of the molecule is NC(Cl)Cl.O. The van der Waals surface area contributed by atoms with Crippen LogP contribution in [-0.4, -0.2) is 10.4 Å². The summed E-state index contributed by atoms with van der Waals surface area (Å²) in [5.41, 5.74) is 4.64. The largest absolute Gasteiger partial charge is 0.412 e. The number of rotatable bonds is 0. The van der Waals surface area contributed by atoms with Crippen LogP contribution in [0.15, 0.2) is 0 Å². The van der Waals surface area contributed by atoms with Gasteiger partial charge < -0.3 is 11.2 Å². The third kappa shape index (κ3) is 113. The van der Waals surface area contributed by atoms with Gasteiger partial charge in [0.2, 0.25) is 0 Å². The van der Waals surface area contributed by atoms with Crippen molar-refractivity contribution < 1.29 is 5.48 Å². The van der Waals surface area contributed by atoms with Gasteiger partial charge in [-0.3, -0.25) is 0 Å². The molecule has 0 heterocycles. The third-order valence-corrected chi connectivity index (χ3v) is 0. The Balaban J connectivity index is 0. The molecule has 2 nitrogen and oxygen atoms in total. The summed E-state index contributed by atoms with van der Waals surface area (Å²) in [4.78, 5) is -0.722. The van der Waals surface area contributed by atoms with E-state index in [1.807, 2.05) is 0 Å². The van der Waals surface area contributed by atoms with Crippen molar-refractivity contribution in [2.24, 2.45) is 5.73 Å². The number of hydrogen-bond donors (Lipinski definition) is 1. The molecule has 4 N–H and O–H groups in total. The summed E-state index contributed by atoms with van der Waals surface area (Å²) in [5.74, 6) is 0. The Labute approximate surface area is 40.2 Å². The molecule has 0 saturated heterocycles.